The normalized spacial score (nSPS) is 14.1. The Labute approximate surface area is 126 Å². The largest absolute Gasteiger partial charge is 0.325 e. The Kier molecular flexibility index (Phi) is 4.15. The molecule has 1 aromatic carbocycles. The molecule has 0 bridgehead atoms. The second-order valence-electron chi connectivity index (χ2n) is 5.53. The summed E-state index contributed by atoms with van der Waals surface area (Å²) in [6.07, 6.45) is 6.08. The Hall–Kier alpha value is -1.94. The van der Waals surface area contributed by atoms with Gasteiger partial charge >= 0.3 is 0 Å². The van der Waals surface area contributed by atoms with Gasteiger partial charge in [-0.05, 0) is 37.9 Å². The molecule has 0 fully saturated rings. The minimum Gasteiger partial charge on any atom is -0.325 e. The molecule has 110 valence electrons. The SMILES string of the molecule is CCNCc1cnc(N2CCCc3cc(C)ccc32)cn1. The summed E-state index contributed by atoms with van der Waals surface area (Å²) in [5, 5.41) is 3.27. The highest BCUT2D eigenvalue weighted by molar-refractivity contribution is 5.65. The van der Waals surface area contributed by atoms with Crippen LogP contribution in [-0.2, 0) is 13.0 Å². The topological polar surface area (TPSA) is 41.1 Å². The van der Waals surface area contributed by atoms with Gasteiger partial charge in [0.25, 0.3) is 0 Å². The first-order valence-electron chi connectivity index (χ1n) is 7.66. The summed E-state index contributed by atoms with van der Waals surface area (Å²) < 4.78 is 0. The monoisotopic (exact) mass is 282 g/mol. The van der Waals surface area contributed by atoms with Gasteiger partial charge in [0.1, 0.15) is 0 Å². The first kappa shape index (κ1) is 14.0. The van der Waals surface area contributed by atoms with E-state index in [1.807, 2.05) is 12.4 Å². The number of aromatic nitrogens is 2. The van der Waals surface area contributed by atoms with Gasteiger partial charge in [0.05, 0.1) is 18.1 Å². The number of aryl methyl sites for hydroxylation is 2. The van der Waals surface area contributed by atoms with Crippen LogP contribution < -0.4 is 10.2 Å². The van der Waals surface area contributed by atoms with Crippen molar-refractivity contribution in [1.29, 1.82) is 0 Å². The zero-order valence-corrected chi connectivity index (χ0v) is 12.8. The highest BCUT2D eigenvalue weighted by atomic mass is 15.2. The Balaban J connectivity index is 1.85. The van der Waals surface area contributed by atoms with Crippen LogP contribution in [0.15, 0.2) is 30.6 Å². The van der Waals surface area contributed by atoms with Crippen molar-refractivity contribution in [2.45, 2.75) is 33.2 Å². The van der Waals surface area contributed by atoms with Gasteiger partial charge in [0, 0.05) is 18.8 Å². The molecule has 21 heavy (non-hydrogen) atoms. The molecule has 3 rings (SSSR count). The van der Waals surface area contributed by atoms with Crippen molar-refractivity contribution < 1.29 is 0 Å². The molecule has 4 heteroatoms. The Morgan fingerprint density at radius 1 is 1.24 bits per heavy atom. The highest BCUT2D eigenvalue weighted by Crippen LogP contribution is 2.32. The van der Waals surface area contributed by atoms with Gasteiger partial charge in [-0.15, -0.1) is 0 Å². The highest BCUT2D eigenvalue weighted by Gasteiger charge is 2.19. The van der Waals surface area contributed by atoms with Gasteiger partial charge in [0.2, 0.25) is 0 Å². The van der Waals surface area contributed by atoms with Crippen LogP contribution in [0.5, 0.6) is 0 Å². The molecule has 2 aromatic rings. The molecule has 1 N–H and O–H groups in total. The minimum absolute atomic E-state index is 0.777. The van der Waals surface area contributed by atoms with Crippen LogP contribution in [0.1, 0.15) is 30.2 Å². The summed E-state index contributed by atoms with van der Waals surface area (Å²) in [4.78, 5) is 11.4. The van der Waals surface area contributed by atoms with Gasteiger partial charge in [-0.1, -0.05) is 24.6 Å². The van der Waals surface area contributed by atoms with Crippen LogP contribution in [0.25, 0.3) is 0 Å². The third-order valence-corrected chi connectivity index (χ3v) is 3.88. The van der Waals surface area contributed by atoms with Crippen molar-refractivity contribution in [3.63, 3.8) is 0 Å². The molecule has 0 aliphatic carbocycles. The lowest BCUT2D eigenvalue weighted by Crippen LogP contribution is -2.25. The lowest BCUT2D eigenvalue weighted by Gasteiger charge is -2.30. The van der Waals surface area contributed by atoms with Crippen LogP contribution in [0.2, 0.25) is 0 Å². The Morgan fingerprint density at radius 3 is 2.90 bits per heavy atom. The summed E-state index contributed by atoms with van der Waals surface area (Å²) in [6, 6.07) is 6.66. The van der Waals surface area contributed by atoms with Crippen molar-refractivity contribution in [2.75, 3.05) is 18.0 Å². The van der Waals surface area contributed by atoms with Crippen molar-refractivity contribution in [2.24, 2.45) is 0 Å². The number of nitrogens with zero attached hydrogens (tertiary/aromatic N) is 3. The third-order valence-electron chi connectivity index (χ3n) is 3.88. The maximum atomic E-state index is 4.60. The quantitative estimate of drug-likeness (QED) is 0.936. The van der Waals surface area contributed by atoms with E-state index < -0.39 is 0 Å². The molecule has 1 aliphatic heterocycles. The molecule has 0 unspecified atom stereocenters. The predicted molar refractivity (Wildman–Crippen MR) is 85.9 cm³/mol. The summed E-state index contributed by atoms with van der Waals surface area (Å²) in [6.45, 7) is 6.97. The summed E-state index contributed by atoms with van der Waals surface area (Å²) in [5.74, 6) is 0.944. The van der Waals surface area contributed by atoms with E-state index in [-0.39, 0.29) is 0 Å². The number of benzene rings is 1. The fraction of sp³-hybridized carbons (Fsp3) is 0.412. The lowest BCUT2D eigenvalue weighted by molar-refractivity contribution is 0.704. The molecular formula is C17H22N4. The van der Waals surface area contributed by atoms with E-state index >= 15 is 0 Å². The lowest BCUT2D eigenvalue weighted by atomic mass is 10.00. The molecule has 1 aliphatic rings. The van der Waals surface area contributed by atoms with Gasteiger partial charge in [0.15, 0.2) is 5.82 Å². The minimum atomic E-state index is 0.777. The van der Waals surface area contributed by atoms with Gasteiger partial charge in [-0.2, -0.15) is 0 Å². The van der Waals surface area contributed by atoms with E-state index in [0.717, 1.165) is 44.0 Å². The Morgan fingerprint density at radius 2 is 2.14 bits per heavy atom. The molecule has 1 aromatic heterocycles. The number of hydrogen-bond donors (Lipinski definition) is 1. The summed E-state index contributed by atoms with van der Waals surface area (Å²) in [5.41, 5.74) is 5.00. The molecule has 4 nitrogen and oxygen atoms in total. The van der Waals surface area contributed by atoms with Gasteiger partial charge in [-0.3, -0.25) is 4.98 Å². The maximum absolute atomic E-state index is 4.60. The van der Waals surface area contributed by atoms with Crippen LogP contribution in [0.4, 0.5) is 11.5 Å². The molecule has 0 saturated carbocycles. The van der Waals surface area contributed by atoms with Crippen molar-refractivity contribution in [3.8, 4) is 0 Å². The number of anilines is 2. The van der Waals surface area contributed by atoms with E-state index in [4.69, 9.17) is 0 Å². The van der Waals surface area contributed by atoms with Crippen molar-refractivity contribution >= 4 is 11.5 Å². The zero-order valence-electron chi connectivity index (χ0n) is 12.8. The standard InChI is InChI=1S/C17H22N4/c1-3-18-10-15-11-20-17(12-19-15)21-8-4-5-14-9-13(2)6-7-16(14)21/h6-7,9,11-12,18H,3-5,8,10H2,1-2H3. The molecule has 0 saturated heterocycles. The number of rotatable bonds is 4. The predicted octanol–water partition coefficient (Wildman–Crippen LogP) is 2.98. The van der Waals surface area contributed by atoms with Gasteiger partial charge in [-0.25, -0.2) is 4.98 Å². The molecule has 0 spiro atoms. The smallest absolute Gasteiger partial charge is 0.151 e. The van der Waals surface area contributed by atoms with E-state index in [1.165, 1.54) is 16.8 Å². The Bertz CT molecular complexity index is 607. The summed E-state index contributed by atoms with van der Waals surface area (Å²) in [7, 11) is 0. The average Bonchev–Trinajstić information content (AvgIpc) is 2.52. The van der Waals surface area contributed by atoms with Crippen LogP contribution >= 0.6 is 0 Å². The van der Waals surface area contributed by atoms with E-state index in [0.29, 0.717) is 0 Å². The second kappa shape index (κ2) is 6.22. The second-order valence-corrected chi connectivity index (χ2v) is 5.53. The molecule has 2 heterocycles. The molecule has 0 amide bonds. The first-order valence-corrected chi connectivity index (χ1v) is 7.66. The van der Waals surface area contributed by atoms with Crippen LogP contribution in [0.3, 0.4) is 0 Å². The zero-order chi connectivity index (χ0) is 14.7. The van der Waals surface area contributed by atoms with Gasteiger partial charge < -0.3 is 10.2 Å². The number of fused-ring (bicyclic) bond motifs is 1. The van der Waals surface area contributed by atoms with Crippen LogP contribution in [-0.4, -0.2) is 23.1 Å². The number of nitrogens with one attached hydrogen (secondary N) is 1. The van der Waals surface area contributed by atoms with Crippen LogP contribution in [0, 0.1) is 6.92 Å². The molecular weight excluding hydrogens is 260 g/mol. The summed E-state index contributed by atoms with van der Waals surface area (Å²) >= 11 is 0. The fourth-order valence-corrected chi connectivity index (χ4v) is 2.80. The van der Waals surface area contributed by atoms with E-state index in [1.54, 1.807) is 0 Å². The molecule has 0 radical (unpaired) electrons. The van der Waals surface area contributed by atoms with Crippen molar-refractivity contribution in [1.82, 2.24) is 15.3 Å². The molecule has 0 atom stereocenters. The fourth-order valence-electron chi connectivity index (χ4n) is 2.80. The van der Waals surface area contributed by atoms with E-state index in [2.05, 4.69) is 52.2 Å². The first-order chi connectivity index (χ1) is 10.3. The average molecular weight is 282 g/mol. The van der Waals surface area contributed by atoms with Crippen molar-refractivity contribution in [3.05, 3.63) is 47.4 Å². The third kappa shape index (κ3) is 3.05. The number of hydrogen-bond acceptors (Lipinski definition) is 4. The maximum Gasteiger partial charge on any atom is 0.151 e. The van der Waals surface area contributed by atoms with E-state index in [9.17, 15) is 0 Å².